The quantitative estimate of drug-likeness (QED) is 0.797. The third-order valence-corrected chi connectivity index (χ3v) is 3.01. The van der Waals surface area contributed by atoms with Crippen molar-refractivity contribution in [2.75, 3.05) is 0 Å². The molecule has 19 heavy (non-hydrogen) atoms. The van der Waals surface area contributed by atoms with Gasteiger partial charge in [0, 0.05) is 11.6 Å². The highest BCUT2D eigenvalue weighted by Gasteiger charge is 2.11. The van der Waals surface area contributed by atoms with Crippen LogP contribution in [0, 0.1) is 0 Å². The van der Waals surface area contributed by atoms with Crippen molar-refractivity contribution in [2.24, 2.45) is 0 Å². The second-order valence-electron chi connectivity index (χ2n) is 4.87. The van der Waals surface area contributed by atoms with Crippen LogP contribution >= 0.6 is 0 Å². The Labute approximate surface area is 113 Å². The van der Waals surface area contributed by atoms with Gasteiger partial charge >= 0.3 is 0 Å². The van der Waals surface area contributed by atoms with Crippen molar-refractivity contribution in [3.8, 4) is 11.5 Å². The zero-order valence-corrected chi connectivity index (χ0v) is 11.2. The predicted molar refractivity (Wildman–Crippen MR) is 79.2 cm³/mol. The van der Waals surface area contributed by atoms with Crippen molar-refractivity contribution in [1.29, 1.82) is 0 Å². The van der Waals surface area contributed by atoms with E-state index in [0.29, 0.717) is 0 Å². The Morgan fingerprint density at radius 1 is 0.947 bits per heavy atom. The van der Waals surface area contributed by atoms with E-state index >= 15 is 0 Å². The minimum atomic E-state index is 0.0783. The third kappa shape index (κ3) is 3.16. The van der Waals surface area contributed by atoms with Gasteiger partial charge in [-0.05, 0) is 23.1 Å². The Balaban J connectivity index is 2.42. The number of benzene rings is 2. The van der Waals surface area contributed by atoms with Gasteiger partial charge in [0.15, 0.2) is 0 Å². The standard InChI is InChI=1S/C17H18O2/c1-12(2)17-14(10-15(18)11-16(17)19)9-8-13-6-4-3-5-7-13/h3-12,18-19H,1-2H3. The lowest BCUT2D eigenvalue weighted by Gasteiger charge is -2.12. The molecule has 0 bridgehead atoms. The van der Waals surface area contributed by atoms with Gasteiger partial charge in [0.05, 0.1) is 0 Å². The van der Waals surface area contributed by atoms with Crippen LogP contribution in [0.2, 0.25) is 0 Å². The van der Waals surface area contributed by atoms with Gasteiger partial charge < -0.3 is 10.2 Å². The molecule has 0 unspecified atom stereocenters. The third-order valence-electron chi connectivity index (χ3n) is 3.01. The lowest BCUT2D eigenvalue weighted by Crippen LogP contribution is -1.92. The number of hydrogen-bond acceptors (Lipinski definition) is 2. The van der Waals surface area contributed by atoms with Gasteiger partial charge in [-0.3, -0.25) is 0 Å². The fourth-order valence-corrected chi connectivity index (χ4v) is 2.16. The van der Waals surface area contributed by atoms with Gasteiger partial charge in [-0.25, -0.2) is 0 Å². The van der Waals surface area contributed by atoms with Crippen molar-refractivity contribution in [3.05, 3.63) is 59.2 Å². The lowest BCUT2D eigenvalue weighted by molar-refractivity contribution is 0.443. The normalized spacial score (nSPS) is 11.3. The fourth-order valence-electron chi connectivity index (χ4n) is 2.16. The monoisotopic (exact) mass is 254 g/mol. The summed E-state index contributed by atoms with van der Waals surface area (Å²) < 4.78 is 0. The first-order valence-electron chi connectivity index (χ1n) is 6.37. The Morgan fingerprint density at radius 2 is 1.63 bits per heavy atom. The Bertz CT molecular complexity index is 584. The lowest BCUT2D eigenvalue weighted by atomic mass is 9.95. The molecule has 0 aliphatic carbocycles. The highest BCUT2D eigenvalue weighted by atomic mass is 16.3. The van der Waals surface area contributed by atoms with Gasteiger partial charge in [-0.15, -0.1) is 0 Å². The summed E-state index contributed by atoms with van der Waals surface area (Å²) in [5.74, 6) is 0.411. The zero-order chi connectivity index (χ0) is 13.8. The summed E-state index contributed by atoms with van der Waals surface area (Å²) >= 11 is 0. The molecule has 0 spiro atoms. The van der Waals surface area contributed by atoms with E-state index < -0.39 is 0 Å². The van der Waals surface area contributed by atoms with Gasteiger partial charge in [0.2, 0.25) is 0 Å². The molecule has 2 N–H and O–H groups in total. The maximum absolute atomic E-state index is 9.95. The van der Waals surface area contributed by atoms with E-state index in [0.717, 1.165) is 16.7 Å². The average molecular weight is 254 g/mol. The predicted octanol–water partition coefficient (Wildman–Crippen LogP) is 4.39. The van der Waals surface area contributed by atoms with E-state index in [-0.39, 0.29) is 17.4 Å². The molecule has 2 aromatic carbocycles. The van der Waals surface area contributed by atoms with Crippen LogP contribution in [0.4, 0.5) is 0 Å². The molecule has 0 amide bonds. The number of hydrogen-bond donors (Lipinski definition) is 2. The summed E-state index contributed by atoms with van der Waals surface area (Å²) in [6, 6.07) is 13.0. The molecule has 98 valence electrons. The van der Waals surface area contributed by atoms with E-state index in [1.54, 1.807) is 6.07 Å². The molecule has 0 aromatic heterocycles. The summed E-state index contributed by atoms with van der Waals surface area (Å²) in [4.78, 5) is 0. The number of phenolic OH excluding ortho intramolecular Hbond substituents is 2. The van der Waals surface area contributed by atoms with E-state index in [1.165, 1.54) is 6.07 Å². The molecule has 0 atom stereocenters. The van der Waals surface area contributed by atoms with Crippen LogP contribution in [0.3, 0.4) is 0 Å². The van der Waals surface area contributed by atoms with Gasteiger partial charge in [0.25, 0.3) is 0 Å². The van der Waals surface area contributed by atoms with Crippen molar-refractivity contribution >= 4 is 12.2 Å². The largest absolute Gasteiger partial charge is 0.508 e. The minimum absolute atomic E-state index is 0.0783. The van der Waals surface area contributed by atoms with Gasteiger partial charge in [-0.1, -0.05) is 56.3 Å². The molecule has 0 saturated carbocycles. The summed E-state index contributed by atoms with van der Waals surface area (Å²) in [6.45, 7) is 4.04. The molecule has 2 aromatic rings. The molecule has 0 aliphatic rings. The first kappa shape index (κ1) is 13.2. The van der Waals surface area contributed by atoms with E-state index in [1.807, 2.05) is 56.3 Å². The van der Waals surface area contributed by atoms with Crippen LogP contribution < -0.4 is 0 Å². The van der Waals surface area contributed by atoms with Crippen LogP contribution in [0.25, 0.3) is 12.2 Å². The first-order chi connectivity index (χ1) is 9.08. The molecule has 2 rings (SSSR count). The highest BCUT2D eigenvalue weighted by molar-refractivity contribution is 5.73. The zero-order valence-electron chi connectivity index (χ0n) is 11.2. The van der Waals surface area contributed by atoms with E-state index in [4.69, 9.17) is 0 Å². The molecular weight excluding hydrogens is 236 g/mol. The molecule has 0 heterocycles. The average Bonchev–Trinajstić information content (AvgIpc) is 2.36. The van der Waals surface area contributed by atoms with Crippen LogP contribution in [0.1, 0.15) is 36.5 Å². The van der Waals surface area contributed by atoms with Crippen molar-refractivity contribution in [1.82, 2.24) is 0 Å². The first-order valence-corrected chi connectivity index (χ1v) is 6.37. The molecule has 2 nitrogen and oxygen atoms in total. The van der Waals surface area contributed by atoms with Crippen molar-refractivity contribution in [2.45, 2.75) is 19.8 Å². The molecule has 0 fully saturated rings. The molecule has 0 saturated heterocycles. The minimum Gasteiger partial charge on any atom is -0.508 e. The van der Waals surface area contributed by atoms with Crippen molar-refractivity contribution < 1.29 is 10.2 Å². The van der Waals surface area contributed by atoms with E-state index in [2.05, 4.69) is 0 Å². The molecule has 0 radical (unpaired) electrons. The Morgan fingerprint density at radius 3 is 2.26 bits per heavy atom. The number of phenols is 2. The van der Waals surface area contributed by atoms with Gasteiger partial charge in [0.1, 0.15) is 11.5 Å². The van der Waals surface area contributed by atoms with Crippen LogP contribution in [-0.2, 0) is 0 Å². The number of rotatable bonds is 3. The van der Waals surface area contributed by atoms with Crippen LogP contribution in [0.15, 0.2) is 42.5 Å². The Hall–Kier alpha value is -2.22. The topological polar surface area (TPSA) is 40.5 Å². The maximum atomic E-state index is 9.95. The maximum Gasteiger partial charge on any atom is 0.123 e. The highest BCUT2D eigenvalue weighted by Crippen LogP contribution is 2.33. The molecular formula is C17H18O2. The van der Waals surface area contributed by atoms with Gasteiger partial charge in [-0.2, -0.15) is 0 Å². The second kappa shape index (κ2) is 5.61. The smallest absolute Gasteiger partial charge is 0.123 e. The Kier molecular flexibility index (Phi) is 3.91. The summed E-state index contributed by atoms with van der Waals surface area (Å²) in [7, 11) is 0. The van der Waals surface area contributed by atoms with Crippen LogP contribution in [-0.4, -0.2) is 10.2 Å². The summed E-state index contributed by atoms with van der Waals surface area (Å²) in [6.07, 6.45) is 3.89. The van der Waals surface area contributed by atoms with E-state index in [9.17, 15) is 10.2 Å². The van der Waals surface area contributed by atoms with Crippen molar-refractivity contribution in [3.63, 3.8) is 0 Å². The van der Waals surface area contributed by atoms with Crippen LogP contribution in [0.5, 0.6) is 11.5 Å². The fraction of sp³-hybridized carbons (Fsp3) is 0.176. The SMILES string of the molecule is CC(C)c1c(O)cc(O)cc1C=Cc1ccccc1. The second-order valence-corrected chi connectivity index (χ2v) is 4.87. The molecule has 2 heteroatoms. The molecule has 0 aliphatic heterocycles. The summed E-state index contributed by atoms with van der Waals surface area (Å²) in [5.41, 5.74) is 2.78. The number of aromatic hydroxyl groups is 2. The summed E-state index contributed by atoms with van der Waals surface area (Å²) in [5, 5.41) is 19.5.